The molecule has 0 saturated carbocycles. The maximum Gasteiger partial charge on any atom is 0.221 e. The van der Waals surface area contributed by atoms with Crippen molar-refractivity contribution in [3.05, 3.63) is 29.8 Å². The Hall–Kier alpha value is -1.01. The van der Waals surface area contributed by atoms with Crippen LogP contribution < -0.4 is 15.5 Å². The predicted molar refractivity (Wildman–Crippen MR) is 108 cm³/mol. The molecular weight excluding hydrogens is 359 g/mol. The topological polar surface area (TPSA) is 47.6 Å². The molecule has 0 spiro atoms. The highest BCUT2D eigenvalue weighted by molar-refractivity contribution is 5.85. The molecule has 0 aromatic heterocycles. The molecule has 7 heteroatoms. The first-order valence-corrected chi connectivity index (χ1v) is 8.75. The Morgan fingerprint density at radius 1 is 1.24 bits per heavy atom. The molecule has 25 heavy (non-hydrogen) atoms. The molecule has 1 aromatic rings. The third-order valence-electron chi connectivity index (χ3n) is 4.82. The van der Waals surface area contributed by atoms with E-state index in [0.717, 1.165) is 52.2 Å². The Kier molecular flexibility index (Phi) is 9.57. The highest BCUT2D eigenvalue weighted by Crippen LogP contribution is 2.17. The minimum Gasteiger partial charge on any atom is -0.369 e. The van der Waals surface area contributed by atoms with Crippen LogP contribution in [0.25, 0.3) is 0 Å². The summed E-state index contributed by atoms with van der Waals surface area (Å²) in [6.45, 7) is 9.09. The van der Waals surface area contributed by atoms with Crippen LogP contribution >= 0.6 is 24.8 Å². The van der Waals surface area contributed by atoms with Crippen molar-refractivity contribution in [1.82, 2.24) is 15.5 Å². The lowest BCUT2D eigenvalue weighted by molar-refractivity contribution is -0.122. The second-order valence-corrected chi connectivity index (χ2v) is 6.67. The Morgan fingerprint density at radius 3 is 2.64 bits per heavy atom. The van der Waals surface area contributed by atoms with Gasteiger partial charge >= 0.3 is 0 Å². The lowest BCUT2D eigenvalue weighted by Gasteiger charge is -2.36. The summed E-state index contributed by atoms with van der Waals surface area (Å²) < 4.78 is 0. The lowest BCUT2D eigenvalue weighted by atomic mass is 10.2. The minimum absolute atomic E-state index is 0. The molecule has 2 saturated heterocycles. The number of rotatable bonds is 5. The summed E-state index contributed by atoms with van der Waals surface area (Å²) in [6.07, 6.45) is 1.67. The van der Waals surface area contributed by atoms with Gasteiger partial charge < -0.3 is 15.5 Å². The number of amides is 1. The van der Waals surface area contributed by atoms with Gasteiger partial charge in [0.2, 0.25) is 5.91 Å². The summed E-state index contributed by atoms with van der Waals surface area (Å²) >= 11 is 0. The summed E-state index contributed by atoms with van der Waals surface area (Å²) in [4.78, 5) is 16.8. The van der Waals surface area contributed by atoms with Gasteiger partial charge in [0.15, 0.2) is 0 Å². The van der Waals surface area contributed by atoms with Crippen LogP contribution in [0.15, 0.2) is 24.3 Å². The van der Waals surface area contributed by atoms with E-state index in [-0.39, 0.29) is 30.7 Å². The van der Waals surface area contributed by atoms with Gasteiger partial charge in [-0.25, -0.2) is 0 Å². The van der Waals surface area contributed by atoms with Crippen molar-refractivity contribution < 1.29 is 4.79 Å². The Balaban J connectivity index is 0.00000156. The van der Waals surface area contributed by atoms with Gasteiger partial charge in [-0.05, 0) is 37.6 Å². The van der Waals surface area contributed by atoms with E-state index in [1.165, 1.54) is 11.3 Å². The SMILES string of the molecule is Cc1cccc(N2CCN(CCC(=O)NC3CCNC3)CC2)c1.Cl.Cl. The van der Waals surface area contributed by atoms with Crippen LogP contribution in [-0.4, -0.2) is 62.7 Å². The van der Waals surface area contributed by atoms with Gasteiger partial charge in [-0.2, -0.15) is 0 Å². The predicted octanol–water partition coefficient (Wildman–Crippen LogP) is 1.83. The quantitative estimate of drug-likeness (QED) is 0.807. The van der Waals surface area contributed by atoms with Crippen molar-refractivity contribution in [2.45, 2.75) is 25.8 Å². The summed E-state index contributed by atoms with van der Waals surface area (Å²) in [6, 6.07) is 9.03. The zero-order chi connectivity index (χ0) is 16.1. The van der Waals surface area contributed by atoms with Crippen molar-refractivity contribution in [1.29, 1.82) is 0 Å². The number of hydrogen-bond donors (Lipinski definition) is 2. The van der Waals surface area contributed by atoms with Crippen LogP contribution in [0.3, 0.4) is 0 Å². The van der Waals surface area contributed by atoms with E-state index in [9.17, 15) is 4.79 Å². The summed E-state index contributed by atoms with van der Waals surface area (Å²) in [7, 11) is 0. The number of aryl methyl sites for hydroxylation is 1. The maximum atomic E-state index is 12.0. The van der Waals surface area contributed by atoms with Crippen molar-refractivity contribution in [3.63, 3.8) is 0 Å². The molecule has 0 aliphatic carbocycles. The monoisotopic (exact) mass is 388 g/mol. The van der Waals surface area contributed by atoms with Gasteiger partial charge in [-0.1, -0.05) is 12.1 Å². The molecule has 1 amide bonds. The molecule has 2 fully saturated rings. The zero-order valence-corrected chi connectivity index (χ0v) is 16.5. The lowest BCUT2D eigenvalue weighted by Crippen LogP contribution is -2.47. The minimum atomic E-state index is 0. The number of piperazine rings is 1. The highest BCUT2D eigenvalue weighted by Gasteiger charge is 2.20. The van der Waals surface area contributed by atoms with Gasteiger partial charge in [-0.15, -0.1) is 24.8 Å². The second kappa shape index (κ2) is 10.9. The molecule has 2 aliphatic rings. The second-order valence-electron chi connectivity index (χ2n) is 6.67. The largest absolute Gasteiger partial charge is 0.369 e. The fourth-order valence-electron chi connectivity index (χ4n) is 3.39. The Morgan fingerprint density at radius 2 is 2.00 bits per heavy atom. The van der Waals surface area contributed by atoms with E-state index >= 15 is 0 Å². The van der Waals surface area contributed by atoms with Crippen LogP contribution in [0.5, 0.6) is 0 Å². The fourth-order valence-corrected chi connectivity index (χ4v) is 3.39. The van der Waals surface area contributed by atoms with Crippen LogP contribution in [0.1, 0.15) is 18.4 Å². The van der Waals surface area contributed by atoms with E-state index in [4.69, 9.17) is 0 Å². The first-order valence-electron chi connectivity index (χ1n) is 8.75. The van der Waals surface area contributed by atoms with Crippen LogP contribution in [0.2, 0.25) is 0 Å². The van der Waals surface area contributed by atoms with E-state index in [0.29, 0.717) is 12.5 Å². The summed E-state index contributed by atoms with van der Waals surface area (Å²) in [5.41, 5.74) is 2.62. The third-order valence-corrected chi connectivity index (χ3v) is 4.82. The number of carbonyl (C=O) groups excluding carboxylic acids is 1. The molecule has 142 valence electrons. The van der Waals surface area contributed by atoms with Gasteiger partial charge in [0.05, 0.1) is 0 Å². The molecule has 5 nitrogen and oxygen atoms in total. The number of benzene rings is 1. The average molecular weight is 389 g/mol. The Labute approximate surface area is 163 Å². The number of nitrogens with one attached hydrogen (secondary N) is 2. The van der Waals surface area contributed by atoms with Crippen LogP contribution in [-0.2, 0) is 4.79 Å². The van der Waals surface area contributed by atoms with Crippen molar-refractivity contribution in [2.75, 3.05) is 50.7 Å². The van der Waals surface area contributed by atoms with Gasteiger partial charge in [0, 0.05) is 57.4 Å². The molecule has 1 aromatic carbocycles. The number of carbonyl (C=O) groups is 1. The van der Waals surface area contributed by atoms with Crippen molar-refractivity contribution in [2.24, 2.45) is 0 Å². The summed E-state index contributed by atoms with van der Waals surface area (Å²) in [5, 5.41) is 6.40. The molecule has 1 unspecified atom stereocenters. The average Bonchev–Trinajstić information content (AvgIpc) is 3.06. The number of anilines is 1. The summed E-state index contributed by atoms with van der Waals surface area (Å²) in [5.74, 6) is 0.194. The van der Waals surface area contributed by atoms with Crippen molar-refractivity contribution in [3.8, 4) is 0 Å². The van der Waals surface area contributed by atoms with E-state index in [1.54, 1.807) is 0 Å². The van der Waals surface area contributed by atoms with E-state index in [2.05, 4.69) is 51.6 Å². The van der Waals surface area contributed by atoms with E-state index < -0.39 is 0 Å². The molecule has 2 aliphatic heterocycles. The van der Waals surface area contributed by atoms with Crippen LogP contribution in [0.4, 0.5) is 5.69 Å². The fraction of sp³-hybridized carbons (Fsp3) is 0.611. The van der Waals surface area contributed by atoms with Gasteiger partial charge in [0.1, 0.15) is 0 Å². The molecule has 0 radical (unpaired) electrons. The first-order chi connectivity index (χ1) is 11.2. The molecule has 1 atom stereocenters. The third kappa shape index (κ3) is 6.66. The number of halogens is 2. The number of nitrogens with zero attached hydrogens (tertiary/aromatic N) is 2. The highest BCUT2D eigenvalue weighted by atomic mass is 35.5. The van der Waals surface area contributed by atoms with Gasteiger partial charge in [-0.3, -0.25) is 9.69 Å². The van der Waals surface area contributed by atoms with Crippen molar-refractivity contribution >= 4 is 36.4 Å². The molecular formula is C18H30Cl2N4O. The Bertz CT molecular complexity index is 530. The molecule has 3 rings (SSSR count). The van der Waals surface area contributed by atoms with Gasteiger partial charge in [0.25, 0.3) is 0 Å². The molecule has 0 bridgehead atoms. The van der Waals surface area contributed by atoms with E-state index in [1.807, 2.05) is 0 Å². The number of hydrogen-bond acceptors (Lipinski definition) is 4. The molecule has 2 N–H and O–H groups in total. The standard InChI is InChI=1S/C18H28N4O.2ClH/c1-15-3-2-4-17(13-15)22-11-9-21(10-12-22)8-6-18(23)20-16-5-7-19-14-16;;/h2-4,13,16,19H,5-12,14H2,1H3,(H,20,23);2*1H. The maximum absolute atomic E-state index is 12.0. The normalized spacial score (nSPS) is 20.5. The molecule has 2 heterocycles. The van der Waals surface area contributed by atoms with Crippen LogP contribution in [0, 0.1) is 6.92 Å². The smallest absolute Gasteiger partial charge is 0.221 e. The first kappa shape index (κ1) is 22.0. The zero-order valence-electron chi connectivity index (χ0n) is 14.9.